The smallest absolute Gasteiger partial charge is 0.0360 e. The molecule has 0 radical (unpaired) electrons. The van der Waals surface area contributed by atoms with E-state index in [1.165, 1.54) is 25.0 Å². The second-order valence-electron chi connectivity index (χ2n) is 3.49. The van der Waals surface area contributed by atoms with Gasteiger partial charge in [-0.15, -0.1) is 0 Å². The highest BCUT2D eigenvalue weighted by Crippen LogP contribution is 1.99. The molecule has 0 saturated heterocycles. The fraction of sp³-hybridized carbons (Fsp3) is 0.909. The molecule has 0 saturated carbocycles. The minimum Gasteiger partial charge on any atom is -0.297 e. The number of nitrogens with zero attached hydrogens (tertiary/aromatic N) is 2. The number of hydrogen-bond acceptors (Lipinski definition) is 2. The molecule has 0 bridgehead atoms. The fourth-order valence-corrected chi connectivity index (χ4v) is 1.27. The summed E-state index contributed by atoms with van der Waals surface area (Å²) in [4.78, 5) is 0. The second-order valence-corrected chi connectivity index (χ2v) is 3.49. The van der Waals surface area contributed by atoms with E-state index in [0.717, 1.165) is 19.5 Å². The Morgan fingerprint density at radius 2 is 1.85 bits per heavy atom. The van der Waals surface area contributed by atoms with Crippen molar-refractivity contribution < 1.29 is 0 Å². The minimum atomic E-state index is 1.03. The van der Waals surface area contributed by atoms with E-state index in [0.29, 0.717) is 0 Å². The summed E-state index contributed by atoms with van der Waals surface area (Å²) in [6, 6.07) is 0. The third-order valence-electron chi connectivity index (χ3n) is 2.06. The van der Waals surface area contributed by atoms with Gasteiger partial charge in [0.15, 0.2) is 0 Å². The first-order chi connectivity index (χ1) is 6.24. The maximum absolute atomic E-state index is 4.57. The predicted molar refractivity (Wildman–Crippen MR) is 60.2 cm³/mol. The molecule has 0 atom stereocenters. The molecule has 0 aliphatic carbocycles. The van der Waals surface area contributed by atoms with Gasteiger partial charge in [-0.2, -0.15) is 5.10 Å². The second kappa shape index (κ2) is 8.09. The minimum absolute atomic E-state index is 1.03. The first-order valence-corrected chi connectivity index (χ1v) is 5.53. The lowest BCUT2D eigenvalue weighted by Gasteiger charge is -2.17. The summed E-state index contributed by atoms with van der Waals surface area (Å²) in [6.07, 6.45) is 4.82. The molecule has 0 rings (SSSR count). The van der Waals surface area contributed by atoms with Crippen LogP contribution in [0.2, 0.25) is 0 Å². The number of hydrazone groups is 1. The highest BCUT2D eigenvalue weighted by atomic mass is 15.4. The summed E-state index contributed by atoms with van der Waals surface area (Å²) in [5.41, 5.74) is 1.26. The van der Waals surface area contributed by atoms with Gasteiger partial charge in [0, 0.05) is 18.8 Å². The molecule has 0 aliphatic rings. The Balaban J connectivity index is 3.86. The normalized spacial score (nSPS) is 11.8. The lowest BCUT2D eigenvalue weighted by atomic mass is 10.2. The topological polar surface area (TPSA) is 15.6 Å². The quantitative estimate of drug-likeness (QED) is 0.438. The van der Waals surface area contributed by atoms with Gasteiger partial charge < -0.3 is 0 Å². The molecule has 0 aliphatic heterocycles. The molecule has 0 unspecified atom stereocenters. The van der Waals surface area contributed by atoms with Crippen LogP contribution in [0.25, 0.3) is 0 Å². The van der Waals surface area contributed by atoms with Crippen LogP contribution < -0.4 is 0 Å². The molecule has 2 heteroatoms. The van der Waals surface area contributed by atoms with E-state index >= 15 is 0 Å². The van der Waals surface area contributed by atoms with Crippen molar-refractivity contribution in [2.45, 2.75) is 53.4 Å². The first-order valence-electron chi connectivity index (χ1n) is 5.53. The molecular weight excluding hydrogens is 160 g/mol. The van der Waals surface area contributed by atoms with Gasteiger partial charge in [0.1, 0.15) is 0 Å². The third kappa shape index (κ3) is 6.62. The Labute approximate surface area is 83.0 Å². The molecule has 0 heterocycles. The van der Waals surface area contributed by atoms with Crippen molar-refractivity contribution in [3.63, 3.8) is 0 Å². The van der Waals surface area contributed by atoms with Crippen molar-refractivity contribution >= 4 is 5.71 Å². The summed E-state index contributed by atoms with van der Waals surface area (Å²) in [6.45, 7) is 10.8. The Kier molecular flexibility index (Phi) is 7.76. The van der Waals surface area contributed by atoms with Crippen molar-refractivity contribution in [1.82, 2.24) is 5.01 Å². The molecule has 2 nitrogen and oxygen atoms in total. The van der Waals surface area contributed by atoms with Crippen molar-refractivity contribution in [1.29, 1.82) is 0 Å². The van der Waals surface area contributed by atoms with E-state index in [-0.39, 0.29) is 0 Å². The zero-order chi connectivity index (χ0) is 10.1. The molecule has 0 fully saturated rings. The molecule has 0 aromatic carbocycles. The molecule has 78 valence electrons. The van der Waals surface area contributed by atoms with E-state index in [1.807, 2.05) is 0 Å². The lowest BCUT2D eigenvalue weighted by molar-refractivity contribution is 0.297. The van der Waals surface area contributed by atoms with Crippen LogP contribution >= 0.6 is 0 Å². The van der Waals surface area contributed by atoms with Crippen LogP contribution in [0, 0.1) is 0 Å². The van der Waals surface area contributed by atoms with Gasteiger partial charge >= 0.3 is 0 Å². The Morgan fingerprint density at radius 3 is 2.31 bits per heavy atom. The fourth-order valence-electron chi connectivity index (χ4n) is 1.27. The van der Waals surface area contributed by atoms with Gasteiger partial charge in [0.25, 0.3) is 0 Å². The van der Waals surface area contributed by atoms with Crippen LogP contribution in [-0.4, -0.2) is 23.8 Å². The molecular formula is C11H24N2. The summed E-state index contributed by atoms with van der Waals surface area (Å²) in [5.74, 6) is 0. The molecule has 0 amide bonds. The van der Waals surface area contributed by atoms with E-state index in [4.69, 9.17) is 0 Å². The van der Waals surface area contributed by atoms with Crippen molar-refractivity contribution in [2.24, 2.45) is 5.10 Å². The van der Waals surface area contributed by atoms with E-state index in [1.54, 1.807) is 0 Å². The van der Waals surface area contributed by atoms with Crippen LogP contribution in [0.5, 0.6) is 0 Å². The molecule has 0 aromatic heterocycles. The molecule has 13 heavy (non-hydrogen) atoms. The van der Waals surface area contributed by atoms with Gasteiger partial charge in [0.2, 0.25) is 0 Å². The summed E-state index contributed by atoms with van der Waals surface area (Å²) >= 11 is 0. The average Bonchev–Trinajstić information content (AvgIpc) is 2.12. The maximum Gasteiger partial charge on any atom is 0.0360 e. The largest absolute Gasteiger partial charge is 0.297 e. The number of rotatable bonds is 7. The Hall–Kier alpha value is -0.530. The van der Waals surface area contributed by atoms with Crippen molar-refractivity contribution in [3.8, 4) is 0 Å². The summed E-state index contributed by atoms with van der Waals surface area (Å²) < 4.78 is 0. The van der Waals surface area contributed by atoms with Crippen molar-refractivity contribution in [3.05, 3.63) is 0 Å². The zero-order valence-electron chi connectivity index (χ0n) is 9.64. The number of unbranched alkanes of at least 4 members (excludes halogenated alkanes) is 1. The average molecular weight is 184 g/mol. The van der Waals surface area contributed by atoms with E-state index < -0.39 is 0 Å². The van der Waals surface area contributed by atoms with Gasteiger partial charge in [-0.1, -0.05) is 26.7 Å². The summed E-state index contributed by atoms with van der Waals surface area (Å²) in [7, 11) is 0. The Morgan fingerprint density at radius 1 is 1.15 bits per heavy atom. The van der Waals surface area contributed by atoms with Crippen LogP contribution in [0.3, 0.4) is 0 Å². The van der Waals surface area contributed by atoms with Crippen LogP contribution in [0.1, 0.15) is 53.4 Å². The molecule has 0 N–H and O–H groups in total. The SMILES string of the molecule is CCCCN(CC)/N=C(/C)CCC. The van der Waals surface area contributed by atoms with Crippen LogP contribution in [0.15, 0.2) is 5.10 Å². The first kappa shape index (κ1) is 12.5. The third-order valence-corrected chi connectivity index (χ3v) is 2.06. The molecule has 0 spiro atoms. The lowest BCUT2D eigenvalue weighted by Crippen LogP contribution is -2.19. The van der Waals surface area contributed by atoms with E-state index in [2.05, 4.69) is 37.8 Å². The monoisotopic (exact) mass is 184 g/mol. The van der Waals surface area contributed by atoms with E-state index in [9.17, 15) is 0 Å². The van der Waals surface area contributed by atoms with Crippen LogP contribution in [0.4, 0.5) is 0 Å². The standard InChI is InChI=1S/C11H24N2/c1-5-8-10-13(7-3)12-11(4)9-6-2/h5-10H2,1-4H3/b12-11-. The van der Waals surface area contributed by atoms with Gasteiger partial charge in [-0.3, -0.25) is 5.01 Å². The van der Waals surface area contributed by atoms with Gasteiger partial charge in [-0.25, -0.2) is 0 Å². The predicted octanol–water partition coefficient (Wildman–Crippen LogP) is 3.28. The Bertz CT molecular complexity index is 141. The van der Waals surface area contributed by atoms with Gasteiger partial charge in [0.05, 0.1) is 0 Å². The number of hydrogen-bond donors (Lipinski definition) is 0. The van der Waals surface area contributed by atoms with Crippen LogP contribution in [-0.2, 0) is 0 Å². The molecule has 0 aromatic rings. The highest BCUT2D eigenvalue weighted by molar-refractivity contribution is 5.81. The van der Waals surface area contributed by atoms with Crippen molar-refractivity contribution in [2.75, 3.05) is 13.1 Å². The zero-order valence-corrected chi connectivity index (χ0v) is 9.64. The summed E-state index contributed by atoms with van der Waals surface area (Å²) in [5, 5.41) is 6.75. The maximum atomic E-state index is 4.57. The van der Waals surface area contributed by atoms with Gasteiger partial charge in [-0.05, 0) is 26.7 Å². The highest BCUT2D eigenvalue weighted by Gasteiger charge is 1.97.